The predicted molar refractivity (Wildman–Crippen MR) is 78.4 cm³/mol. The molecule has 1 aromatic rings. The maximum Gasteiger partial charge on any atom is 0.184 e. The Kier molecular flexibility index (Phi) is 4.87. The van der Waals surface area contributed by atoms with Crippen LogP contribution in [0.2, 0.25) is 5.02 Å². The molecule has 1 aliphatic rings. The summed E-state index contributed by atoms with van der Waals surface area (Å²) in [7, 11) is -3.36. The lowest BCUT2D eigenvalue weighted by Gasteiger charge is -2.31. The highest BCUT2D eigenvalue weighted by Gasteiger charge is 2.36. The van der Waals surface area contributed by atoms with Gasteiger partial charge in [0.25, 0.3) is 0 Å². The SMILES string of the molecule is CCNC1CCCCC1S(=O)(=O)c1ccccc1Cl. The molecule has 3 nitrogen and oxygen atoms in total. The zero-order valence-electron chi connectivity index (χ0n) is 11.1. The Morgan fingerprint density at radius 1 is 1.26 bits per heavy atom. The molecule has 0 heterocycles. The van der Waals surface area contributed by atoms with Crippen molar-refractivity contribution < 1.29 is 8.42 Å². The van der Waals surface area contributed by atoms with Gasteiger partial charge in [0.2, 0.25) is 0 Å². The molecule has 0 spiro atoms. The standard InChI is InChI=1S/C14H20ClNO2S/c1-2-16-12-8-4-6-10-14(12)19(17,18)13-9-5-3-7-11(13)15/h3,5,7,9,12,14,16H,2,4,6,8,10H2,1H3. The molecule has 0 radical (unpaired) electrons. The van der Waals surface area contributed by atoms with Gasteiger partial charge in [0, 0.05) is 6.04 Å². The summed E-state index contributed by atoms with van der Waals surface area (Å²) in [6.07, 6.45) is 3.69. The quantitative estimate of drug-likeness (QED) is 0.930. The Morgan fingerprint density at radius 2 is 1.95 bits per heavy atom. The van der Waals surface area contributed by atoms with Gasteiger partial charge in [0.05, 0.1) is 15.2 Å². The van der Waals surface area contributed by atoms with Crippen LogP contribution in [-0.2, 0) is 9.84 Å². The lowest BCUT2D eigenvalue weighted by atomic mass is 9.95. The molecule has 5 heteroatoms. The van der Waals surface area contributed by atoms with Crippen LogP contribution in [0.3, 0.4) is 0 Å². The smallest absolute Gasteiger partial charge is 0.184 e. The summed E-state index contributed by atoms with van der Waals surface area (Å²) in [6.45, 7) is 2.80. The summed E-state index contributed by atoms with van der Waals surface area (Å²) in [5, 5.41) is 3.27. The molecule has 0 aliphatic heterocycles. The molecule has 0 bridgehead atoms. The van der Waals surface area contributed by atoms with E-state index in [1.165, 1.54) is 0 Å². The number of nitrogens with one attached hydrogen (secondary N) is 1. The fourth-order valence-corrected chi connectivity index (χ4v) is 5.34. The summed E-state index contributed by atoms with van der Waals surface area (Å²) in [6, 6.07) is 6.77. The summed E-state index contributed by atoms with van der Waals surface area (Å²) in [5.74, 6) is 0. The van der Waals surface area contributed by atoms with Crippen LogP contribution in [0.5, 0.6) is 0 Å². The van der Waals surface area contributed by atoms with Gasteiger partial charge in [-0.1, -0.05) is 43.5 Å². The molecule has 106 valence electrons. The van der Waals surface area contributed by atoms with Crippen molar-refractivity contribution in [3.63, 3.8) is 0 Å². The lowest BCUT2D eigenvalue weighted by molar-refractivity contribution is 0.377. The van der Waals surface area contributed by atoms with Crippen molar-refractivity contribution in [2.45, 2.75) is 48.8 Å². The first kappa shape index (κ1) is 14.8. The third kappa shape index (κ3) is 3.12. The van der Waals surface area contributed by atoms with Gasteiger partial charge in [-0.2, -0.15) is 0 Å². The average molecular weight is 302 g/mol. The second kappa shape index (κ2) is 6.25. The van der Waals surface area contributed by atoms with Crippen molar-refractivity contribution >= 4 is 21.4 Å². The van der Waals surface area contributed by atoms with Crippen LogP contribution in [-0.4, -0.2) is 26.3 Å². The van der Waals surface area contributed by atoms with Crippen molar-refractivity contribution in [1.82, 2.24) is 5.32 Å². The van der Waals surface area contributed by atoms with Crippen LogP contribution in [0.25, 0.3) is 0 Å². The molecule has 1 saturated carbocycles. The van der Waals surface area contributed by atoms with Crippen LogP contribution in [0.4, 0.5) is 0 Å². The minimum atomic E-state index is -3.36. The fraction of sp³-hybridized carbons (Fsp3) is 0.571. The van der Waals surface area contributed by atoms with Gasteiger partial charge >= 0.3 is 0 Å². The van der Waals surface area contributed by atoms with E-state index in [1.54, 1.807) is 24.3 Å². The molecule has 2 atom stereocenters. The normalized spacial score (nSPS) is 24.3. The second-order valence-corrected chi connectivity index (χ2v) is 7.51. The van der Waals surface area contributed by atoms with Gasteiger partial charge in [-0.05, 0) is 31.5 Å². The Balaban J connectivity index is 2.35. The molecule has 1 aromatic carbocycles. The summed E-state index contributed by atoms with van der Waals surface area (Å²) < 4.78 is 25.5. The van der Waals surface area contributed by atoms with E-state index in [0.717, 1.165) is 25.8 Å². The lowest BCUT2D eigenvalue weighted by Crippen LogP contribution is -2.46. The second-order valence-electron chi connectivity index (χ2n) is 4.96. The minimum absolute atomic E-state index is 0.0417. The van der Waals surface area contributed by atoms with E-state index in [9.17, 15) is 8.42 Å². The van der Waals surface area contributed by atoms with Crippen molar-refractivity contribution in [1.29, 1.82) is 0 Å². The molecule has 0 aromatic heterocycles. The number of sulfone groups is 1. The molecule has 1 aliphatic carbocycles. The molecule has 2 rings (SSSR count). The van der Waals surface area contributed by atoms with E-state index < -0.39 is 9.84 Å². The zero-order chi connectivity index (χ0) is 13.9. The minimum Gasteiger partial charge on any atom is -0.313 e. The van der Waals surface area contributed by atoms with Gasteiger partial charge in [0.15, 0.2) is 9.84 Å². The van der Waals surface area contributed by atoms with Crippen LogP contribution in [0.15, 0.2) is 29.2 Å². The Morgan fingerprint density at radius 3 is 2.63 bits per heavy atom. The van der Waals surface area contributed by atoms with Gasteiger partial charge in [-0.15, -0.1) is 0 Å². The number of hydrogen-bond donors (Lipinski definition) is 1. The van der Waals surface area contributed by atoms with Gasteiger partial charge < -0.3 is 5.32 Å². The van der Waals surface area contributed by atoms with E-state index >= 15 is 0 Å². The largest absolute Gasteiger partial charge is 0.313 e. The van der Waals surface area contributed by atoms with Crippen molar-refractivity contribution in [2.24, 2.45) is 0 Å². The van der Waals surface area contributed by atoms with E-state index in [2.05, 4.69) is 5.32 Å². The van der Waals surface area contributed by atoms with Crippen molar-refractivity contribution in [3.8, 4) is 0 Å². The highest BCUT2D eigenvalue weighted by molar-refractivity contribution is 7.92. The Hall–Kier alpha value is -0.580. The third-order valence-corrected chi connectivity index (χ3v) is 6.48. The first-order chi connectivity index (χ1) is 9.07. The van der Waals surface area contributed by atoms with Crippen LogP contribution < -0.4 is 5.32 Å². The van der Waals surface area contributed by atoms with Gasteiger partial charge in [0.1, 0.15) is 0 Å². The van der Waals surface area contributed by atoms with Crippen LogP contribution >= 0.6 is 11.6 Å². The highest BCUT2D eigenvalue weighted by atomic mass is 35.5. The van der Waals surface area contributed by atoms with E-state index in [-0.39, 0.29) is 16.2 Å². The van der Waals surface area contributed by atoms with E-state index in [0.29, 0.717) is 11.4 Å². The van der Waals surface area contributed by atoms with E-state index in [4.69, 9.17) is 11.6 Å². The molecular formula is C14H20ClNO2S. The third-order valence-electron chi connectivity index (χ3n) is 3.71. The molecule has 19 heavy (non-hydrogen) atoms. The highest BCUT2D eigenvalue weighted by Crippen LogP contribution is 2.32. The first-order valence-corrected chi connectivity index (χ1v) is 8.71. The molecule has 0 saturated heterocycles. The molecule has 1 N–H and O–H groups in total. The topological polar surface area (TPSA) is 46.2 Å². The monoisotopic (exact) mass is 301 g/mol. The summed E-state index contributed by atoms with van der Waals surface area (Å²) >= 11 is 6.05. The Bertz CT molecular complexity index is 528. The van der Waals surface area contributed by atoms with E-state index in [1.807, 2.05) is 6.92 Å². The van der Waals surface area contributed by atoms with Crippen molar-refractivity contribution in [3.05, 3.63) is 29.3 Å². The van der Waals surface area contributed by atoms with Crippen LogP contribution in [0, 0.1) is 0 Å². The summed E-state index contributed by atoms with van der Waals surface area (Å²) in [5.41, 5.74) is 0. The van der Waals surface area contributed by atoms with Gasteiger partial charge in [-0.3, -0.25) is 0 Å². The zero-order valence-corrected chi connectivity index (χ0v) is 12.7. The van der Waals surface area contributed by atoms with Crippen LogP contribution in [0.1, 0.15) is 32.6 Å². The Labute approximate surface area is 120 Å². The first-order valence-electron chi connectivity index (χ1n) is 6.79. The fourth-order valence-electron chi connectivity index (χ4n) is 2.80. The number of benzene rings is 1. The molecule has 1 fully saturated rings. The maximum atomic E-state index is 12.8. The van der Waals surface area contributed by atoms with Crippen molar-refractivity contribution in [2.75, 3.05) is 6.54 Å². The maximum absolute atomic E-state index is 12.8. The van der Waals surface area contributed by atoms with Gasteiger partial charge in [-0.25, -0.2) is 8.42 Å². The number of rotatable bonds is 4. The average Bonchev–Trinajstić information content (AvgIpc) is 2.40. The number of hydrogen-bond acceptors (Lipinski definition) is 3. The molecular weight excluding hydrogens is 282 g/mol. The predicted octanol–water partition coefficient (Wildman–Crippen LogP) is 3.03. The molecule has 2 unspecified atom stereocenters. The number of halogens is 1. The summed E-state index contributed by atoms with van der Waals surface area (Å²) in [4.78, 5) is 0.270. The molecule has 0 amide bonds.